The molecule has 2 aromatic carbocycles. The van der Waals surface area contributed by atoms with Crippen molar-refractivity contribution < 1.29 is 31.3 Å². The molecule has 0 atom stereocenters. The molecule has 1 fully saturated rings. The third-order valence-corrected chi connectivity index (χ3v) is 10.4. The van der Waals surface area contributed by atoms with Gasteiger partial charge in [-0.05, 0) is 58.2 Å². The molecule has 16 heteroatoms. The number of H-pyrrole nitrogens is 1. The number of nitrogens with zero attached hydrogens (tertiary/aromatic N) is 5. The summed E-state index contributed by atoms with van der Waals surface area (Å²) in [6.45, 7) is 7.84. The number of aryl methyl sites for hydroxylation is 1. The number of carbonyl (C=O) groups excluding carboxylic acids is 2. The number of anilines is 3. The number of benzene rings is 2. The zero-order chi connectivity index (χ0) is 33.0. The largest absolute Gasteiger partial charge is 0.369 e. The quantitative estimate of drug-likeness (QED) is 0.271. The van der Waals surface area contributed by atoms with Crippen LogP contribution in [0.2, 0.25) is 0 Å². The van der Waals surface area contributed by atoms with Crippen molar-refractivity contribution in [2.75, 3.05) is 48.8 Å². The third kappa shape index (κ3) is 5.63. The van der Waals surface area contributed by atoms with Crippen molar-refractivity contribution >= 4 is 39.0 Å². The average Bonchev–Trinajstić information content (AvgIpc) is 3.68. The minimum absolute atomic E-state index is 0.0755. The van der Waals surface area contributed by atoms with Gasteiger partial charge in [0, 0.05) is 50.0 Å². The van der Waals surface area contributed by atoms with Gasteiger partial charge in [-0.3, -0.25) is 14.7 Å². The van der Waals surface area contributed by atoms with Crippen LogP contribution >= 0.6 is 0 Å². The molecule has 242 valence electrons. The first kappa shape index (κ1) is 31.3. The molecule has 2 aliphatic rings. The lowest BCUT2D eigenvalue weighted by Gasteiger charge is -2.34. The molecule has 0 spiro atoms. The minimum atomic E-state index is -4.37. The zero-order valence-electron chi connectivity index (χ0n) is 25.5. The lowest BCUT2D eigenvalue weighted by Crippen LogP contribution is -2.44. The Morgan fingerprint density at radius 2 is 1.65 bits per heavy atom. The molecule has 2 aliphatic heterocycles. The Morgan fingerprint density at radius 3 is 2.30 bits per heavy atom. The zero-order valence-corrected chi connectivity index (χ0v) is 26.3. The Bertz CT molecular complexity index is 1930. The van der Waals surface area contributed by atoms with Crippen molar-refractivity contribution in [1.82, 2.24) is 24.6 Å². The molecule has 2 aromatic heterocycles. The number of rotatable bonds is 7. The van der Waals surface area contributed by atoms with Crippen LogP contribution < -0.4 is 15.5 Å². The molecule has 0 radical (unpaired) electrons. The van der Waals surface area contributed by atoms with Crippen LogP contribution in [0.4, 0.5) is 26.0 Å². The summed E-state index contributed by atoms with van der Waals surface area (Å²) in [6.07, 6.45) is 1.29. The first-order chi connectivity index (χ1) is 21.8. The Morgan fingerprint density at radius 1 is 0.978 bits per heavy atom. The van der Waals surface area contributed by atoms with E-state index >= 15 is 0 Å². The molecule has 6 rings (SSSR count). The summed E-state index contributed by atoms with van der Waals surface area (Å²) >= 11 is 0. The first-order valence-electron chi connectivity index (χ1n) is 14.4. The highest BCUT2D eigenvalue weighted by Gasteiger charge is 2.48. The SMILES string of the molecule is Cc1oncc1C(=O)Nc1cc(N2CCN(C)CC2)ccc1C(=O)Nc1n[nH]c2c1CN(S(=O)(=O)c1cc(F)cc(F)c1)C2(C)C. The normalized spacial score (nSPS) is 16.8. The second kappa shape index (κ2) is 11.6. The van der Waals surface area contributed by atoms with Gasteiger partial charge >= 0.3 is 0 Å². The van der Waals surface area contributed by atoms with Gasteiger partial charge in [-0.15, -0.1) is 0 Å². The van der Waals surface area contributed by atoms with Crippen LogP contribution in [-0.2, 0) is 22.1 Å². The van der Waals surface area contributed by atoms with Crippen molar-refractivity contribution in [3.63, 3.8) is 0 Å². The molecule has 1 saturated heterocycles. The molecule has 46 heavy (non-hydrogen) atoms. The van der Waals surface area contributed by atoms with E-state index in [2.05, 4.69) is 35.8 Å². The molecular weight excluding hydrogens is 622 g/mol. The minimum Gasteiger partial charge on any atom is -0.369 e. The summed E-state index contributed by atoms with van der Waals surface area (Å²) in [5.41, 5.74) is 0.997. The Balaban J connectivity index is 1.30. The molecule has 4 aromatic rings. The van der Waals surface area contributed by atoms with Crippen molar-refractivity contribution in [1.29, 1.82) is 0 Å². The topological polar surface area (TPSA) is 157 Å². The Hall–Kier alpha value is -4.67. The van der Waals surface area contributed by atoms with E-state index in [0.29, 0.717) is 23.1 Å². The van der Waals surface area contributed by atoms with E-state index in [1.54, 1.807) is 39.0 Å². The molecule has 2 amide bonds. The molecule has 0 aliphatic carbocycles. The van der Waals surface area contributed by atoms with Gasteiger partial charge in [-0.25, -0.2) is 17.2 Å². The highest BCUT2D eigenvalue weighted by molar-refractivity contribution is 7.89. The van der Waals surface area contributed by atoms with Crippen LogP contribution in [0.15, 0.2) is 52.0 Å². The van der Waals surface area contributed by atoms with Gasteiger partial charge in [0.05, 0.1) is 33.6 Å². The Kier molecular flexibility index (Phi) is 7.90. The standard InChI is InChI=1S/C30H32F2N8O5S/c1-17-23(15-33-45-17)29(42)34-25-14-20(39-9-7-38(4)8-10-39)5-6-22(25)28(41)35-27-24-16-40(30(2,3)26(24)36-37-27)46(43,44)21-12-18(31)11-19(32)13-21/h5-6,11-15H,7-10,16H2,1-4H3,(H,34,42)(H2,35,36,37,41). The van der Waals surface area contributed by atoms with Crippen molar-refractivity contribution in [2.45, 2.75) is 37.8 Å². The van der Waals surface area contributed by atoms with E-state index in [1.165, 1.54) is 6.20 Å². The van der Waals surface area contributed by atoms with Gasteiger partial charge in [-0.1, -0.05) is 5.16 Å². The molecular formula is C30H32F2N8O5S. The van der Waals surface area contributed by atoms with Gasteiger partial charge in [-0.2, -0.15) is 9.40 Å². The van der Waals surface area contributed by atoms with Crippen LogP contribution in [0, 0.1) is 18.6 Å². The number of likely N-dealkylation sites (N-methyl/N-ethyl adjacent to an activating group) is 1. The van der Waals surface area contributed by atoms with Crippen LogP contribution in [0.3, 0.4) is 0 Å². The number of nitrogens with one attached hydrogen (secondary N) is 3. The number of carbonyl (C=O) groups is 2. The van der Waals surface area contributed by atoms with Gasteiger partial charge in [0.2, 0.25) is 10.0 Å². The van der Waals surface area contributed by atoms with Gasteiger partial charge in [0.15, 0.2) is 5.82 Å². The van der Waals surface area contributed by atoms with Crippen molar-refractivity contribution in [3.8, 4) is 0 Å². The monoisotopic (exact) mass is 654 g/mol. The number of halogens is 2. The summed E-state index contributed by atoms with van der Waals surface area (Å²) in [4.78, 5) is 30.7. The first-order valence-corrected chi connectivity index (χ1v) is 15.9. The van der Waals surface area contributed by atoms with E-state index in [0.717, 1.165) is 48.3 Å². The summed E-state index contributed by atoms with van der Waals surface area (Å²) in [7, 11) is -2.32. The van der Waals surface area contributed by atoms with Crippen LogP contribution in [-0.4, -0.2) is 78.0 Å². The van der Waals surface area contributed by atoms with E-state index in [-0.39, 0.29) is 29.2 Å². The number of hydrogen-bond acceptors (Lipinski definition) is 9. The maximum Gasteiger partial charge on any atom is 0.260 e. The number of amides is 2. The van der Waals surface area contributed by atoms with Gasteiger partial charge in [0.1, 0.15) is 23.0 Å². The highest BCUT2D eigenvalue weighted by atomic mass is 32.2. The van der Waals surface area contributed by atoms with Crippen molar-refractivity contribution in [2.24, 2.45) is 0 Å². The molecule has 4 heterocycles. The lowest BCUT2D eigenvalue weighted by atomic mass is 10.0. The summed E-state index contributed by atoms with van der Waals surface area (Å²) < 4.78 is 61.1. The maximum absolute atomic E-state index is 13.9. The average molecular weight is 655 g/mol. The smallest absolute Gasteiger partial charge is 0.260 e. The number of sulfonamides is 1. The molecule has 0 unspecified atom stereocenters. The number of aromatic amines is 1. The van der Waals surface area contributed by atoms with E-state index in [1.807, 2.05) is 7.05 Å². The third-order valence-electron chi connectivity index (χ3n) is 8.42. The van der Waals surface area contributed by atoms with Crippen LogP contribution in [0.1, 0.15) is 51.6 Å². The van der Waals surface area contributed by atoms with E-state index in [4.69, 9.17) is 4.52 Å². The molecule has 0 saturated carbocycles. The predicted molar refractivity (Wildman–Crippen MR) is 164 cm³/mol. The summed E-state index contributed by atoms with van der Waals surface area (Å²) in [6, 6.07) is 7.23. The van der Waals surface area contributed by atoms with Gasteiger partial charge < -0.3 is 25.0 Å². The number of hydrogen-bond donors (Lipinski definition) is 3. The second-order valence-corrected chi connectivity index (χ2v) is 13.7. The predicted octanol–water partition coefficient (Wildman–Crippen LogP) is 3.68. The summed E-state index contributed by atoms with van der Waals surface area (Å²) in [5, 5.41) is 16.3. The van der Waals surface area contributed by atoms with Crippen molar-refractivity contribution in [3.05, 3.63) is 82.4 Å². The highest BCUT2D eigenvalue weighted by Crippen LogP contribution is 2.44. The number of fused-ring (bicyclic) bond motifs is 1. The van der Waals surface area contributed by atoms with Gasteiger partial charge in [0.25, 0.3) is 11.8 Å². The fraction of sp³-hybridized carbons (Fsp3) is 0.333. The number of piperazine rings is 1. The van der Waals surface area contributed by atoms with Crippen LogP contribution in [0.25, 0.3) is 0 Å². The fourth-order valence-corrected chi connectivity index (χ4v) is 7.53. The molecule has 13 nitrogen and oxygen atoms in total. The number of aromatic nitrogens is 3. The fourth-order valence-electron chi connectivity index (χ4n) is 5.76. The maximum atomic E-state index is 13.9. The second-order valence-electron chi connectivity index (χ2n) is 11.8. The lowest BCUT2D eigenvalue weighted by molar-refractivity contribution is 0.102. The Labute approximate surface area is 263 Å². The summed E-state index contributed by atoms with van der Waals surface area (Å²) in [5.74, 6) is -2.78. The van der Waals surface area contributed by atoms with Crippen LogP contribution in [0.5, 0.6) is 0 Å². The molecule has 3 N–H and O–H groups in total. The van der Waals surface area contributed by atoms with E-state index in [9.17, 15) is 26.8 Å². The molecule has 0 bridgehead atoms. The van der Waals surface area contributed by atoms with E-state index < -0.39 is 43.9 Å².